The molecule has 30 heavy (non-hydrogen) atoms. The Labute approximate surface area is 178 Å². The third-order valence-electron chi connectivity index (χ3n) is 4.26. The third kappa shape index (κ3) is 3.66. The lowest BCUT2D eigenvalue weighted by atomic mass is 10.1. The van der Waals surface area contributed by atoms with Gasteiger partial charge in [0.25, 0.3) is 10.4 Å². The predicted molar refractivity (Wildman–Crippen MR) is 116 cm³/mol. The fourth-order valence-electron chi connectivity index (χ4n) is 2.81. The number of para-hydroxylation sites is 2. The van der Waals surface area contributed by atoms with Crippen molar-refractivity contribution in [3.8, 4) is 10.4 Å². The van der Waals surface area contributed by atoms with Crippen molar-refractivity contribution in [1.82, 2.24) is 9.97 Å². The maximum Gasteiger partial charge on any atom is 0.345 e. The van der Waals surface area contributed by atoms with Gasteiger partial charge in [0.05, 0.1) is 31.6 Å². The van der Waals surface area contributed by atoms with E-state index in [2.05, 4.69) is 9.97 Å². The van der Waals surface area contributed by atoms with E-state index in [1.54, 1.807) is 0 Å². The van der Waals surface area contributed by atoms with Crippen LogP contribution in [-0.4, -0.2) is 21.9 Å². The summed E-state index contributed by atoms with van der Waals surface area (Å²) in [6.45, 7) is 0. The van der Waals surface area contributed by atoms with Crippen LogP contribution >= 0.6 is 22.7 Å². The van der Waals surface area contributed by atoms with Crippen LogP contribution in [0.4, 0.5) is 0 Å². The number of benzene rings is 3. The Balaban J connectivity index is 1.28. The van der Waals surface area contributed by atoms with Crippen LogP contribution in [0.2, 0.25) is 0 Å². The van der Waals surface area contributed by atoms with Gasteiger partial charge in [-0.15, -0.1) is 0 Å². The molecular weight excluding hydrogens is 420 g/mol. The van der Waals surface area contributed by atoms with Crippen LogP contribution in [-0.2, 0) is 0 Å². The zero-order valence-electron chi connectivity index (χ0n) is 15.3. The zero-order valence-corrected chi connectivity index (χ0v) is 16.9. The van der Waals surface area contributed by atoms with Crippen LogP contribution in [0.3, 0.4) is 0 Å². The first-order valence-electron chi connectivity index (χ1n) is 8.91. The highest BCUT2D eigenvalue weighted by Crippen LogP contribution is 2.29. The summed E-state index contributed by atoms with van der Waals surface area (Å²) in [5.74, 6) is -1.08. The van der Waals surface area contributed by atoms with Crippen molar-refractivity contribution in [2.45, 2.75) is 0 Å². The highest BCUT2D eigenvalue weighted by molar-refractivity contribution is 7.20. The summed E-state index contributed by atoms with van der Waals surface area (Å²) < 4.78 is 12.6. The molecule has 2 aromatic heterocycles. The van der Waals surface area contributed by atoms with Gasteiger partial charge in [-0.05, 0) is 48.5 Å². The molecular formula is C22H12N2O4S2. The van der Waals surface area contributed by atoms with Crippen molar-refractivity contribution in [2.24, 2.45) is 0 Å². The standard InChI is InChI=1S/C22H12N2O4S2/c25-19(27-21-23-15-5-1-3-7-17(15)29-21)13-9-11-14(12-10-13)20(26)28-22-24-16-6-2-4-8-18(16)30-22/h1-12H. The van der Waals surface area contributed by atoms with Crippen molar-refractivity contribution < 1.29 is 19.1 Å². The minimum Gasteiger partial charge on any atom is -0.394 e. The van der Waals surface area contributed by atoms with Crippen LogP contribution in [0.25, 0.3) is 20.4 Å². The number of esters is 2. The molecule has 0 aliphatic rings. The maximum absolute atomic E-state index is 12.4. The Kier molecular flexibility index (Phi) is 4.70. The molecule has 0 spiro atoms. The molecule has 0 fully saturated rings. The molecule has 0 aliphatic carbocycles. The van der Waals surface area contributed by atoms with Gasteiger partial charge < -0.3 is 9.47 Å². The van der Waals surface area contributed by atoms with Crippen molar-refractivity contribution >= 4 is 55.0 Å². The fourth-order valence-corrected chi connectivity index (χ4v) is 4.44. The summed E-state index contributed by atoms with van der Waals surface area (Å²) in [5.41, 5.74) is 2.17. The number of hydrogen-bond acceptors (Lipinski definition) is 8. The number of nitrogens with zero attached hydrogens (tertiary/aromatic N) is 2. The van der Waals surface area contributed by atoms with E-state index in [1.165, 1.54) is 46.9 Å². The Morgan fingerprint density at radius 2 is 1.00 bits per heavy atom. The van der Waals surface area contributed by atoms with Gasteiger partial charge in [0.2, 0.25) is 0 Å². The van der Waals surface area contributed by atoms with E-state index in [-0.39, 0.29) is 10.4 Å². The van der Waals surface area contributed by atoms with Crippen LogP contribution in [0, 0.1) is 0 Å². The van der Waals surface area contributed by atoms with E-state index in [1.807, 2.05) is 48.5 Å². The van der Waals surface area contributed by atoms with E-state index in [9.17, 15) is 9.59 Å². The smallest absolute Gasteiger partial charge is 0.345 e. The minimum atomic E-state index is -0.542. The normalized spacial score (nSPS) is 10.9. The largest absolute Gasteiger partial charge is 0.394 e. The average Bonchev–Trinajstić information content (AvgIpc) is 3.36. The number of ether oxygens (including phenoxy) is 2. The first kappa shape index (κ1) is 18.4. The Morgan fingerprint density at radius 1 is 0.600 bits per heavy atom. The van der Waals surface area contributed by atoms with Gasteiger partial charge in [0, 0.05) is 0 Å². The van der Waals surface area contributed by atoms with E-state index in [0.29, 0.717) is 11.1 Å². The summed E-state index contributed by atoms with van der Waals surface area (Å²) in [6, 6.07) is 21.2. The minimum absolute atomic E-state index is 0.278. The first-order valence-corrected chi connectivity index (χ1v) is 10.5. The second-order valence-corrected chi connectivity index (χ2v) is 8.24. The fraction of sp³-hybridized carbons (Fsp3) is 0. The van der Waals surface area contributed by atoms with Crippen molar-refractivity contribution in [2.75, 3.05) is 0 Å². The monoisotopic (exact) mass is 432 g/mol. The lowest BCUT2D eigenvalue weighted by Gasteiger charge is -2.03. The van der Waals surface area contributed by atoms with E-state index in [4.69, 9.17) is 9.47 Å². The Hall–Kier alpha value is -3.62. The number of fused-ring (bicyclic) bond motifs is 2. The van der Waals surface area contributed by atoms with Gasteiger partial charge >= 0.3 is 11.9 Å². The summed E-state index contributed by atoms with van der Waals surface area (Å²) in [4.78, 5) is 33.3. The zero-order chi connectivity index (χ0) is 20.5. The maximum atomic E-state index is 12.4. The second-order valence-electron chi connectivity index (χ2n) is 6.25. The topological polar surface area (TPSA) is 78.4 Å². The van der Waals surface area contributed by atoms with Crippen molar-refractivity contribution in [3.05, 3.63) is 83.9 Å². The van der Waals surface area contributed by atoms with E-state index >= 15 is 0 Å². The summed E-state index contributed by atoms with van der Waals surface area (Å²) in [6.07, 6.45) is 0. The number of carbonyl (C=O) groups excluding carboxylic acids is 2. The molecule has 5 rings (SSSR count). The molecule has 6 nitrogen and oxygen atoms in total. The molecule has 0 saturated carbocycles. The molecule has 0 aliphatic heterocycles. The molecule has 0 radical (unpaired) electrons. The lowest BCUT2D eigenvalue weighted by molar-refractivity contribution is 0.0720. The number of carbonyl (C=O) groups is 2. The summed E-state index contributed by atoms with van der Waals surface area (Å²) in [7, 11) is 0. The number of thiazole rings is 2. The van der Waals surface area contributed by atoms with Crippen molar-refractivity contribution in [3.63, 3.8) is 0 Å². The number of hydrogen-bond donors (Lipinski definition) is 0. The molecule has 8 heteroatoms. The lowest BCUT2D eigenvalue weighted by Crippen LogP contribution is -2.11. The quantitative estimate of drug-likeness (QED) is 0.357. The van der Waals surface area contributed by atoms with Crippen molar-refractivity contribution in [1.29, 1.82) is 0 Å². The molecule has 0 atom stereocenters. The Bertz CT molecular complexity index is 1220. The Morgan fingerprint density at radius 3 is 1.40 bits per heavy atom. The molecule has 0 N–H and O–H groups in total. The molecule has 5 aromatic rings. The van der Waals surface area contributed by atoms with Gasteiger partial charge in [0.15, 0.2) is 0 Å². The van der Waals surface area contributed by atoms with Gasteiger partial charge in [-0.25, -0.2) is 19.6 Å². The summed E-state index contributed by atoms with van der Waals surface area (Å²) in [5, 5.41) is 0.557. The number of rotatable bonds is 4. The SMILES string of the molecule is O=C(Oc1nc2ccccc2s1)c1ccc(C(=O)Oc2nc3ccccc3s2)cc1. The van der Waals surface area contributed by atoms with E-state index in [0.717, 1.165) is 20.4 Å². The highest BCUT2D eigenvalue weighted by Gasteiger charge is 2.16. The molecule has 0 amide bonds. The molecule has 146 valence electrons. The van der Waals surface area contributed by atoms with Crippen LogP contribution in [0.5, 0.6) is 10.4 Å². The number of aromatic nitrogens is 2. The van der Waals surface area contributed by atoms with E-state index < -0.39 is 11.9 Å². The second kappa shape index (κ2) is 7.66. The van der Waals surface area contributed by atoms with Gasteiger partial charge in [-0.2, -0.15) is 0 Å². The summed E-state index contributed by atoms with van der Waals surface area (Å²) >= 11 is 2.59. The predicted octanol–water partition coefficient (Wildman–Crippen LogP) is 5.34. The molecule has 3 aromatic carbocycles. The molecule has 0 unspecified atom stereocenters. The molecule has 0 saturated heterocycles. The highest BCUT2D eigenvalue weighted by atomic mass is 32.1. The van der Waals surface area contributed by atoms with Gasteiger partial charge in [-0.1, -0.05) is 46.9 Å². The molecule has 2 heterocycles. The van der Waals surface area contributed by atoms with Crippen LogP contribution in [0.1, 0.15) is 20.7 Å². The first-order chi connectivity index (χ1) is 14.7. The third-order valence-corrected chi connectivity index (χ3v) is 6.09. The van der Waals surface area contributed by atoms with Gasteiger partial charge in [0.1, 0.15) is 0 Å². The van der Waals surface area contributed by atoms with Gasteiger partial charge in [-0.3, -0.25) is 0 Å². The molecule has 0 bridgehead atoms. The average molecular weight is 432 g/mol. The van der Waals surface area contributed by atoms with Crippen LogP contribution in [0.15, 0.2) is 72.8 Å². The van der Waals surface area contributed by atoms with Crippen LogP contribution < -0.4 is 9.47 Å².